The molecule has 1 aliphatic rings. The molecule has 0 bridgehead atoms. The first-order valence-corrected chi connectivity index (χ1v) is 6.02. The lowest BCUT2D eigenvalue weighted by Crippen LogP contribution is -2.19. The van der Waals surface area contributed by atoms with Crippen molar-refractivity contribution in [2.75, 3.05) is 5.01 Å². The molecule has 0 N–H and O–H groups in total. The van der Waals surface area contributed by atoms with Crippen molar-refractivity contribution in [2.24, 2.45) is 5.10 Å². The zero-order valence-electron chi connectivity index (χ0n) is 11.2. The second-order valence-electron chi connectivity index (χ2n) is 3.99. The van der Waals surface area contributed by atoms with Gasteiger partial charge in [0.1, 0.15) is 0 Å². The first-order chi connectivity index (χ1) is 8.08. The molecular weight excluding hydrogens is 212 g/mol. The first-order valence-electron chi connectivity index (χ1n) is 6.02. The van der Waals surface area contributed by atoms with Gasteiger partial charge in [-0.2, -0.15) is 5.10 Å². The molecule has 0 fully saturated rings. The first kappa shape index (κ1) is 13.4. The summed E-state index contributed by atoms with van der Waals surface area (Å²) < 4.78 is 0. The van der Waals surface area contributed by atoms with Crippen molar-refractivity contribution in [2.45, 2.75) is 41.0 Å². The van der Waals surface area contributed by atoms with E-state index in [1.165, 1.54) is 16.1 Å². The van der Waals surface area contributed by atoms with Crippen molar-refractivity contribution in [3.63, 3.8) is 0 Å². The Morgan fingerprint density at radius 2 is 1.76 bits per heavy atom. The van der Waals surface area contributed by atoms with Crippen molar-refractivity contribution in [3.05, 3.63) is 29.3 Å². The van der Waals surface area contributed by atoms with Gasteiger partial charge in [-0.15, -0.1) is 0 Å². The molecule has 1 amide bonds. The summed E-state index contributed by atoms with van der Waals surface area (Å²) in [5.41, 5.74) is 4.14. The maximum absolute atomic E-state index is 11.6. The number of hydrazone groups is 1. The van der Waals surface area contributed by atoms with E-state index in [4.69, 9.17) is 0 Å². The van der Waals surface area contributed by atoms with Gasteiger partial charge in [0.25, 0.3) is 5.91 Å². The highest BCUT2D eigenvalue weighted by atomic mass is 16.2. The highest BCUT2D eigenvalue weighted by molar-refractivity contribution is 6.12. The van der Waals surface area contributed by atoms with Crippen LogP contribution in [-0.2, 0) is 4.79 Å². The van der Waals surface area contributed by atoms with Gasteiger partial charge in [-0.25, -0.2) is 5.01 Å². The van der Waals surface area contributed by atoms with Crippen molar-refractivity contribution >= 4 is 17.3 Å². The summed E-state index contributed by atoms with van der Waals surface area (Å²) in [7, 11) is 0. The lowest BCUT2D eigenvalue weighted by molar-refractivity contribution is -0.116. The van der Waals surface area contributed by atoms with Gasteiger partial charge in [0, 0.05) is 5.71 Å². The van der Waals surface area contributed by atoms with E-state index in [2.05, 4.69) is 12.0 Å². The predicted molar refractivity (Wildman–Crippen MR) is 72.5 cm³/mol. The molecule has 1 aromatic rings. The van der Waals surface area contributed by atoms with Crippen LogP contribution in [-0.4, -0.2) is 11.6 Å². The highest BCUT2D eigenvalue weighted by Crippen LogP contribution is 2.22. The van der Waals surface area contributed by atoms with Crippen molar-refractivity contribution in [3.8, 4) is 0 Å². The van der Waals surface area contributed by atoms with Crippen molar-refractivity contribution < 1.29 is 4.79 Å². The number of benzene rings is 1. The van der Waals surface area contributed by atoms with E-state index in [1.807, 2.05) is 45.9 Å². The third kappa shape index (κ3) is 2.93. The minimum atomic E-state index is 0.0516. The van der Waals surface area contributed by atoms with Gasteiger partial charge in [-0.3, -0.25) is 4.79 Å². The molecule has 0 saturated carbocycles. The summed E-state index contributed by atoms with van der Waals surface area (Å²) in [6.45, 7) is 9.97. The van der Waals surface area contributed by atoms with Crippen LogP contribution in [0, 0.1) is 13.8 Å². The Balaban J connectivity index is 0.000000686. The lowest BCUT2D eigenvalue weighted by Gasteiger charge is -2.13. The van der Waals surface area contributed by atoms with Gasteiger partial charge < -0.3 is 0 Å². The maximum atomic E-state index is 11.6. The number of nitrogens with zero attached hydrogens (tertiary/aromatic N) is 2. The molecule has 0 aromatic heterocycles. The monoisotopic (exact) mass is 232 g/mol. The fourth-order valence-electron chi connectivity index (χ4n) is 1.61. The average molecular weight is 232 g/mol. The Kier molecular flexibility index (Phi) is 4.44. The molecule has 1 aliphatic heterocycles. The number of carbonyl (C=O) groups excluding carboxylic acids is 1. The van der Waals surface area contributed by atoms with E-state index >= 15 is 0 Å². The number of hydrogen-bond acceptors (Lipinski definition) is 2. The fraction of sp³-hybridized carbons (Fsp3) is 0.429. The number of rotatable bonds is 1. The van der Waals surface area contributed by atoms with Crippen LogP contribution in [0.5, 0.6) is 0 Å². The number of anilines is 1. The van der Waals surface area contributed by atoms with Crippen LogP contribution in [0.2, 0.25) is 0 Å². The van der Waals surface area contributed by atoms with Crippen LogP contribution in [0.25, 0.3) is 0 Å². The summed E-state index contributed by atoms with van der Waals surface area (Å²) in [5, 5.41) is 5.70. The quantitative estimate of drug-likeness (QED) is 0.730. The standard InChI is InChI=1S/C12H14N2O.C2H6/c1-8-4-5-11(6-9(8)2)14-12(15)7-10(3)13-14;1-2/h4-6H,7H2,1-3H3;1-2H3. The minimum Gasteiger partial charge on any atom is -0.272 e. The lowest BCUT2D eigenvalue weighted by atomic mass is 10.1. The third-order valence-electron chi connectivity index (χ3n) is 2.65. The van der Waals surface area contributed by atoms with E-state index in [-0.39, 0.29) is 5.91 Å². The number of hydrogen-bond donors (Lipinski definition) is 0. The molecule has 17 heavy (non-hydrogen) atoms. The Morgan fingerprint density at radius 3 is 2.24 bits per heavy atom. The van der Waals surface area contributed by atoms with Gasteiger partial charge in [-0.05, 0) is 44.0 Å². The van der Waals surface area contributed by atoms with Gasteiger partial charge in [0.2, 0.25) is 0 Å². The van der Waals surface area contributed by atoms with E-state index in [9.17, 15) is 4.79 Å². The molecule has 3 heteroatoms. The molecule has 1 aromatic carbocycles. The zero-order valence-corrected chi connectivity index (χ0v) is 11.2. The second kappa shape index (κ2) is 5.62. The van der Waals surface area contributed by atoms with E-state index in [0.717, 1.165) is 11.4 Å². The third-order valence-corrected chi connectivity index (χ3v) is 2.65. The second-order valence-corrected chi connectivity index (χ2v) is 3.99. The fourth-order valence-corrected chi connectivity index (χ4v) is 1.61. The van der Waals surface area contributed by atoms with Gasteiger partial charge in [0.05, 0.1) is 12.1 Å². The Hall–Kier alpha value is -1.64. The van der Waals surface area contributed by atoms with Crippen molar-refractivity contribution in [1.82, 2.24) is 0 Å². The predicted octanol–water partition coefficient (Wildman–Crippen LogP) is 3.44. The normalized spacial score (nSPS) is 14.3. The van der Waals surface area contributed by atoms with Gasteiger partial charge in [0.15, 0.2) is 0 Å². The molecule has 0 spiro atoms. The molecule has 92 valence electrons. The molecule has 3 nitrogen and oxygen atoms in total. The highest BCUT2D eigenvalue weighted by Gasteiger charge is 2.22. The molecule has 0 saturated heterocycles. The summed E-state index contributed by atoms with van der Waals surface area (Å²) in [4.78, 5) is 11.6. The Labute approximate surface area is 103 Å². The van der Waals surface area contributed by atoms with Crippen LogP contribution < -0.4 is 5.01 Å². The van der Waals surface area contributed by atoms with Crippen LogP contribution in [0.1, 0.15) is 38.3 Å². The molecule has 2 rings (SSSR count). The Bertz CT molecular complexity index is 450. The smallest absolute Gasteiger partial charge is 0.253 e. The number of aryl methyl sites for hydroxylation is 2. The molecule has 0 unspecified atom stereocenters. The summed E-state index contributed by atoms with van der Waals surface area (Å²) in [6.07, 6.45) is 0.437. The summed E-state index contributed by atoms with van der Waals surface area (Å²) in [5.74, 6) is 0.0516. The van der Waals surface area contributed by atoms with E-state index < -0.39 is 0 Å². The topological polar surface area (TPSA) is 32.7 Å². The minimum absolute atomic E-state index is 0.0516. The largest absolute Gasteiger partial charge is 0.272 e. The molecule has 0 atom stereocenters. The maximum Gasteiger partial charge on any atom is 0.253 e. The number of carbonyl (C=O) groups is 1. The SMILES string of the molecule is CC.CC1=NN(c2ccc(C)c(C)c2)C(=O)C1. The Morgan fingerprint density at radius 1 is 1.12 bits per heavy atom. The van der Waals surface area contributed by atoms with Gasteiger partial charge >= 0.3 is 0 Å². The summed E-state index contributed by atoms with van der Waals surface area (Å²) in [6, 6.07) is 5.94. The number of amides is 1. The van der Waals surface area contributed by atoms with Crippen LogP contribution >= 0.6 is 0 Å². The van der Waals surface area contributed by atoms with E-state index in [1.54, 1.807) is 0 Å². The molecule has 0 aliphatic carbocycles. The van der Waals surface area contributed by atoms with E-state index in [0.29, 0.717) is 6.42 Å². The van der Waals surface area contributed by atoms with Crippen LogP contribution in [0.4, 0.5) is 5.69 Å². The average Bonchev–Trinajstić information content (AvgIpc) is 2.65. The van der Waals surface area contributed by atoms with Crippen LogP contribution in [0.15, 0.2) is 23.3 Å². The molecule has 0 radical (unpaired) electrons. The summed E-state index contributed by atoms with van der Waals surface area (Å²) >= 11 is 0. The van der Waals surface area contributed by atoms with Crippen molar-refractivity contribution in [1.29, 1.82) is 0 Å². The zero-order chi connectivity index (χ0) is 13.0. The van der Waals surface area contributed by atoms with Crippen LogP contribution in [0.3, 0.4) is 0 Å². The molecule has 1 heterocycles. The van der Waals surface area contributed by atoms with Gasteiger partial charge in [-0.1, -0.05) is 19.9 Å². The molecular formula is C14H20N2O.